The second-order valence-corrected chi connectivity index (χ2v) is 6.07. The number of hydrogen-bond acceptors (Lipinski definition) is 4. The molecular weight excluding hydrogens is 260 g/mol. The molecule has 2 rings (SSSR count). The average molecular weight is 290 g/mol. The minimum atomic E-state index is 0.345. The lowest BCUT2D eigenvalue weighted by Crippen LogP contribution is -2.41. The van der Waals surface area contributed by atoms with E-state index in [-0.39, 0.29) is 0 Å². The second kappa shape index (κ2) is 7.76. The molecule has 1 saturated heterocycles. The first kappa shape index (κ1) is 16.2. The maximum absolute atomic E-state index is 4.74. The van der Waals surface area contributed by atoms with Gasteiger partial charge in [-0.1, -0.05) is 19.9 Å². The zero-order chi connectivity index (χ0) is 15.2. The van der Waals surface area contributed by atoms with Crippen LogP contribution in [-0.2, 0) is 0 Å². The standard InChI is InChI=1S/C17H30N4/c1-5-15-13-20(4)11-8-12-21(15)17-16(9-7-10-19-17)14(3)18-6-2/h7,9-10,14-15,18H,5-6,8,11-13H2,1-4H3. The quantitative estimate of drug-likeness (QED) is 0.903. The molecule has 0 saturated carbocycles. The number of hydrogen-bond donors (Lipinski definition) is 1. The lowest BCUT2D eigenvalue weighted by Gasteiger charge is -2.33. The van der Waals surface area contributed by atoms with Gasteiger partial charge in [0.2, 0.25) is 0 Å². The number of aromatic nitrogens is 1. The van der Waals surface area contributed by atoms with Crippen molar-refractivity contribution in [2.45, 2.75) is 45.7 Å². The van der Waals surface area contributed by atoms with Gasteiger partial charge in [0.05, 0.1) is 0 Å². The third kappa shape index (κ3) is 3.95. The van der Waals surface area contributed by atoms with Gasteiger partial charge in [0.15, 0.2) is 0 Å². The summed E-state index contributed by atoms with van der Waals surface area (Å²) in [5.74, 6) is 1.17. The Hall–Kier alpha value is -1.13. The van der Waals surface area contributed by atoms with Gasteiger partial charge in [-0.2, -0.15) is 0 Å². The Morgan fingerprint density at radius 2 is 2.19 bits per heavy atom. The highest BCUT2D eigenvalue weighted by Crippen LogP contribution is 2.27. The fourth-order valence-electron chi connectivity index (χ4n) is 3.28. The first-order valence-corrected chi connectivity index (χ1v) is 8.30. The van der Waals surface area contributed by atoms with Crippen LogP contribution in [0, 0.1) is 0 Å². The molecule has 118 valence electrons. The van der Waals surface area contributed by atoms with Gasteiger partial charge < -0.3 is 15.1 Å². The number of rotatable bonds is 5. The van der Waals surface area contributed by atoms with Crippen molar-refractivity contribution in [3.05, 3.63) is 23.9 Å². The molecule has 4 nitrogen and oxygen atoms in total. The van der Waals surface area contributed by atoms with Gasteiger partial charge in [-0.3, -0.25) is 0 Å². The monoisotopic (exact) mass is 290 g/mol. The molecule has 1 aromatic rings. The summed E-state index contributed by atoms with van der Waals surface area (Å²) in [5, 5.41) is 3.52. The van der Waals surface area contributed by atoms with E-state index in [4.69, 9.17) is 4.98 Å². The highest BCUT2D eigenvalue weighted by atomic mass is 15.3. The zero-order valence-corrected chi connectivity index (χ0v) is 14.0. The van der Waals surface area contributed by atoms with Gasteiger partial charge in [-0.05, 0) is 46.0 Å². The molecule has 0 spiro atoms. The zero-order valence-electron chi connectivity index (χ0n) is 14.0. The molecule has 1 aliphatic heterocycles. The molecule has 21 heavy (non-hydrogen) atoms. The third-order valence-electron chi connectivity index (χ3n) is 4.44. The van der Waals surface area contributed by atoms with Crippen molar-refractivity contribution < 1.29 is 0 Å². The summed E-state index contributed by atoms with van der Waals surface area (Å²) < 4.78 is 0. The van der Waals surface area contributed by atoms with E-state index in [1.165, 1.54) is 24.3 Å². The summed E-state index contributed by atoms with van der Waals surface area (Å²) in [5.41, 5.74) is 1.32. The number of likely N-dealkylation sites (N-methyl/N-ethyl adjacent to an activating group) is 1. The lowest BCUT2D eigenvalue weighted by atomic mass is 10.1. The molecule has 1 N–H and O–H groups in total. The van der Waals surface area contributed by atoms with Crippen molar-refractivity contribution in [1.82, 2.24) is 15.2 Å². The summed E-state index contributed by atoms with van der Waals surface area (Å²) in [7, 11) is 2.23. The van der Waals surface area contributed by atoms with Crippen molar-refractivity contribution >= 4 is 5.82 Å². The van der Waals surface area contributed by atoms with Crippen LogP contribution in [0.5, 0.6) is 0 Å². The van der Waals surface area contributed by atoms with Crippen molar-refractivity contribution in [1.29, 1.82) is 0 Å². The summed E-state index contributed by atoms with van der Waals surface area (Å²) in [6.45, 7) is 11.1. The Morgan fingerprint density at radius 1 is 1.38 bits per heavy atom. The smallest absolute Gasteiger partial charge is 0.133 e. The summed E-state index contributed by atoms with van der Waals surface area (Å²) in [6.07, 6.45) is 4.30. The van der Waals surface area contributed by atoms with Crippen LogP contribution in [0.4, 0.5) is 5.82 Å². The molecule has 2 unspecified atom stereocenters. The first-order chi connectivity index (χ1) is 10.2. The molecule has 0 amide bonds. The Kier molecular flexibility index (Phi) is 6.00. The molecule has 1 aromatic heterocycles. The van der Waals surface area contributed by atoms with Gasteiger partial charge >= 0.3 is 0 Å². The van der Waals surface area contributed by atoms with Crippen LogP contribution >= 0.6 is 0 Å². The minimum Gasteiger partial charge on any atom is -0.352 e. The Labute approximate surface area is 129 Å². The Balaban J connectivity index is 2.30. The molecule has 0 aliphatic carbocycles. The normalized spacial score (nSPS) is 22.1. The molecule has 2 atom stereocenters. The van der Waals surface area contributed by atoms with Gasteiger partial charge in [-0.15, -0.1) is 0 Å². The summed E-state index contributed by atoms with van der Waals surface area (Å²) >= 11 is 0. The fourth-order valence-corrected chi connectivity index (χ4v) is 3.28. The van der Waals surface area contributed by atoms with E-state index in [1.807, 2.05) is 6.20 Å². The Morgan fingerprint density at radius 3 is 2.90 bits per heavy atom. The third-order valence-corrected chi connectivity index (χ3v) is 4.44. The van der Waals surface area contributed by atoms with Crippen molar-refractivity contribution in [2.75, 3.05) is 38.1 Å². The Bertz CT molecular complexity index is 435. The lowest BCUT2D eigenvalue weighted by molar-refractivity contribution is 0.327. The highest BCUT2D eigenvalue weighted by molar-refractivity contribution is 5.49. The van der Waals surface area contributed by atoms with Crippen molar-refractivity contribution in [3.63, 3.8) is 0 Å². The molecule has 2 heterocycles. The number of nitrogens with one attached hydrogen (secondary N) is 1. The van der Waals surface area contributed by atoms with E-state index in [1.54, 1.807) is 0 Å². The first-order valence-electron chi connectivity index (χ1n) is 8.30. The molecule has 0 aromatic carbocycles. The van der Waals surface area contributed by atoms with E-state index >= 15 is 0 Å². The largest absolute Gasteiger partial charge is 0.352 e. The van der Waals surface area contributed by atoms with Crippen LogP contribution < -0.4 is 10.2 Å². The van der Waals surface area contributed by atoms with Crippen LogP contribution in [0.2, 0.25) is 0 Å². The molecular formula is C17H30N4. The predicted octanol–water partition coefficient (Wildman–Crippen LogP) is 2.67. The molecule has 0 radical (unpaired) electrons. The number of anilines is 1. The molecule has 0 bridgehead atoms. The molecule has 1 fully saturated rings. The topological polar surface area (TPSA) is 31.4 Å². The minimum absolute atomic E-state index is 0.345. The van der Waals surface area contributed by atoms with Gasteiger partial charge in [0.1, 0.15) is 5.82 Å². The van der Waals surface area contributed by atoms with Gasteiger partial charge in [0, 0.05) is 36.9 Å². The summed E-state index contributed by atoms with van der Waals surface area (Å²) in [6, 6.07) is 5.17. The van der Waals surface area contributed by atoms with Gasteiger partial charge in [0.25, 0.3) is 0 Å². The summed E-state index contributed by atoms with van der Waals surface area (Å²) in [4.78, 5) is 9.72. The van der Waals surface area contributed by atoms with Crippen LogP contribution in [0.3, 0.4) is 0 Å². The predicted molar refractivity (Wildman–Crippen MR) is 89.9 cm³/mol. The highest BCUT2D eigenvalue weighted by Gasteiger charge is 2.25. The maximum atomic E-state index is 4.74. The second-order valence-electron chi connectivity index (χ2n) is 6.07. The van der Waals surface area contributed by atoms with Crippen LogP contribution in [-0.4, -0.2) is 49.2 Å². The van der Waals surface area contributed by atoms with E-state index in [0.717, 1.165) is 26.1 Å². The molecule has 4 heteroatoms. The van der Waals surface area contributed by atoms with Crippen molar-refractivity contribution in [3.8, 4) is 0 Å². The van der Waals surface area contributed by atoms with Crippen molar-refractivity contribution in [2.24, 2.45) is 0 Å². The fraction of sp³-hybridized carbons (Fsp3) is 0.706. The number of nitrogens with zero attached hydrogens (tertiary/aromatic N) is 3. The number of pyridine rings is 1. The van der Waals surface area contributed by atoms with Gasteiger partial charge in [-0.25, -0.2) is 4.98 Å². The SMILES string of the molecule is CCNC(C)c1cccnc1N1CCCN(C)CC1CC. The molecule has 1 aliphatic rings. The van der Waals surface area contributed by atoms with Crippen LogP contribution in [0.25, 0.3) is 0 Å². The van der Waals surface area contributed by atoms with E-state index in [9.17, 15) is 0 Å². The maximum Gasteiger partial charge on any atom is 0.133 e. The van der Waals surface area contributed by atoms with E-state index in [0.29, 0.717) is 12.1 Å². The van der Waals surface area contributed by atoms with E-state index in [2.05, 4.69) is 55.1 Å². The van der Waals surface area contributed by atoms with Crippen LogP contribution in [0.15, 0.2) is 18.3 Å². The van der Waals surface area contributed by atoms with E-state index < -0.39 is 0 Å². The average Bonchev–Trinajstić information content (AvgIpc) is 2.68. The van der Waals surface area contributed by atoms with Crippen LogP contribution in [0.1, 0.15) is 45.2 Å².